The maximum atomic E-state index is 9.10. The Morgan fingerprint density at radius 3 is 2.65 bits per heavy atom. The van der Waals surface area contributed by atoms with Crippen molar-refractivity contribution in [2.75, 3.05) is 19.0 Å². The van der Waals surface area contributed by atoms with Crippen molar-refractivity contribution in [1.82, 2.24) is 10.3 Å². The molecule has 8 nitrogen and oxygen atoms in total. The Kier molecular flexibility index (Phi) is 4.13. The lowest BCUT2D eigenvalue weighted by Gasteiger charge is -2.11. The fourth-order valence-electron chi connectivity index (χ4n) is 2.26. The Hall–Kier alpha value is -3.03. The maximum Gasteiger partial charge on any atom is 0.160 e. The van der Waals surface area contributed by atoms with E-state index in [1.165, 1.54) is 0 Å². The third kappa shape index (κ3) is 3.10. The van der Waals surface area contributed by atoms with Crippen LogP contribution >= 0.6 is 0 Å². The van der Waals surface area contributed by atoms with E-state index in [1.807, 2.05) is 43.3 Å². The van der Waals surface area contributed by atoms with Crippen LogP contribution in [0.3, 0.4) is 0 Å². The van der Waals surface area contributed by atoms with E-state index in [4.69, 9.17) is 9.84 Å². The molecule has 0 saturated carbocycles. The van der Waals surface area contributed by atoms with Gasteiger partial charge in [-0.2, -0.15) is 5.10 Å². The number of hydrogen-bond donors (Lipinski definition) is 1. The second kappa shape index (κ2) is 6.39. The third-order valence-electron chi connectivity index (χ3n) is 3.55. The first-order chi connectivity index (χ1) is 11.2. The largest absolute Gasteiger partial charge is 0.411 e. The Balaban J connectivity index is 1.84. The van der Waals surface area contributed by atoms with E-state index in [-0.39, 0.29) is 0 Å². The van der Waals surface area contributed by atoms with E-state index in [9.17, 15) is 0 Å². The van der Waals surface area contributed by atoms with Crippen molar-refractivity contribution >= 4 is 23.3 Å². The second-order valence-corrected chi connectivity index (χ2v) is 5.29. The van der Waals surface area contributed by atoms with Crippen molar-refractivity contribution in [3.8, 4) is 0 Å². The fourth-order valence-corrected chi connectivity index (χ4v) is 2.26. The van der Waals surface area contributed by atoms with E-state index in [2.05, 4.69) is 25.7 Å². The Morgan fingerprint density at radius 1 is 1.17 bits per heavy atom. The van der Waals surface area contributed by atoms with Crippen LogP contribution in [0.1, 0.15) is 23.4 Å². The predicted molar refractivity (Wildman–Crippen MR) is 86.7 cm³/mol. The Labute approximate surface area is 132 Å². The number of oxime groups is 1. The standard InChI is InChI=1S/C15H16N6O2/c1-21(2)11-5-3-10(4-6-11)9-16-17-14-12(18-22)7-8-13-15(14)20-23-19-13/h3-6,9,22H,7-8H2,1-2H3. The van der Waals surface area contributed by atoms with Crippen LogP contribution < -0.4 is 4.90 Å². The zero-order valence-electron chi connectivity index (χ0n) is 12.8. The summed E-state index contributed by atoms with van der Waals surface area (Å²) < 4.78 is 4.72. The van der Waals surface area contributed by atoms with Crippen molar-refractivity contribution in [3.63, 3.8) is 0 Å². The molecule has 8 heteroatoms. The Morgan fingerprint density at radius 2 is 1.96 bits per heavy atom. The smallest absolute Gasteiger partial charge is 0.160 e. The molecule has 0 radical (unpaired) electrons. The van der Waals surface area contributed by atoms with E-state index < -0.39 is 0 Å². The van der Waals surface area contributed by atoms with Gasteiger partial charge in [-0.3, -0.25) is 0 Å². The van der Waals surface area contributed by atoms with Crippen molar-refractivity contribution in [1.29, 1.82) is 0 Å². The first-order valence-electron chi connectivity index (χ1n) is 7.10. The number of fused-ring (bicyclic) bond motifs is 1. The average Bonchev–Trinajstić information content (AvgIpc) is 3.04. The molecule has 1 aliphatic rings. The van der Waals surface area contributed by atoms with Gasteiger partial charge in [0.05, 0.1) is 6.21 Å². The molecule has 2 aromatic rings. The van der Waals surface area contributed by atoms with Gasteiger partial charge >= 0.3 is 0 Å². The molecular formula is C15H16N6O2. The summed E-state index contributed by atoms with van der Waals surface area (Å²) in [6.07, 6.45) is 2.75. The van der Waals surface area contributed by atoms with E-state index >= 15 is 0 Å². The van der Waals surface area contributed by atoms with Gasteiger partial charge in [0.15, 0.2) is 5.69 Å². The van der Waals surface area contributed by atoms with E-state index in [0.29, 0.717) is 35.7 Å². The van der Waals surface area contributed by atoms with Crippen molar-refractivity contribution in [3.05, 3.63) is 41.2 Å². The summed E-state index contributed by atoms with van der Waals surface area (Å²) in [6, 6.07) is 7.89. The molecule has 0 unspecified atom stereocenters. The van der Waals surface area contributed by atoms with Crippen LogP contribution in [-0.4, -0.2) is 47.3 Å². The minimum Gasteiger partial charge on any atom is -0.411 e. The molecule has 0 amide bonds. The SMILES string of the molecule is CN(C)c1ccc(C=NN=C2C(=NO)CCc3nonc32)cc1. The van der Waals surface area contributed by atoms with Gasteiger partial charge in [-0.1, -0.05) is 22.4 Å². The van der Waals surface area contributed by atoms with Gasteiger partial charge in [0.1, 0.15) is 17.1 Å². The van der Waals surface area contributed by atoms with E-state index in [1.54, 1.807) is 6.21 Å². The van der Waals surface area contributed by atoms with Gasteiger partial charge in [-0.15, -0.1) is 5.10 Å². The van der Waals surface area contributed by atoms with Crippen LogP contribution in [-0.2, 0) is 6.42 Å². The molecule has 0 spiro atoms. The van der Waals surface area contributed by atoms with Gasteiger partial charge in [0.2, 0.25) is 0 Å². The first-order valence-corrected chi connectivity index (χ1v) is 7.10. The monoisotopic (exact) mass is 312 g/mol. The quantitative estimate of drug-likeness (QED) is 0.528. The lowest BCUT2D eigenvalue weighted by Crippen LogP contribution is -2.23. The van der Waals surface area contributed by atoms with Crippen molar-refractivity contribution in [2.45, 2.75) is 12.8 Å². The number of anilines is 1. The number of aryl methyl sites for hydroxylation is 1. The summed E-state index contributed by atoms with van der Waals surface area (Å²) in [5.41, 5.74) is 4.00. The molecule has 1 N–H and O–H groups in total. The molecule has 1 aromatic heterocycles. The molecule has 1 aliphatic carbocycles. The van der Waals surface area contributed by atoms with E-state index in [0.717, 1.165) is 11.3 Å². The highest BCUT2D eigenvalue weighted by Gasteiger charge is 2.27. The fraction of sp³-hybridized carbons (Fsp3) is 0.267. The lowest BCUT2D eigenvalue weighted by molar-refractivity contribution is 0.303. The normalized spacial score (nSPS) is 17.8. The van der Waals surface area contributed by atoms with Crippen LogP contribution in [0.2, 0.25) is 0 Å². The molecule has 0 atom stereocenters. The van der Waals surface area contributed by atoms with Crippen LogP contribution in [0.25, 0.3) is 0 Å². The highest BCUT2D eigenvalue weighted by Crippen LogP contribution is 2.17. The highest BCUT2D eigenvalue weighted by atomic mass is 16.6. The molecule has 1 heterocycles. The summed E-state index contributed by atoms with van der Waals surface area (Å²) in [4.78, 5) is 2.02. The molecule has 3 rings (SSSR count). The molecule has 1 aromatic carbocycles. The zero-order chi connectivity index (χ0) is 16.2. The predicted octanol–water partition coefficient (Wildman–Crippen LogP) is 1.74. The molecule has 0 aliphatic heterocycles. The minimum absolute atomic E-state index is 0.385. The summed E-state index contributed by atoms with van der Waals surface area (Å²) in [6.45, 7) is 0. The summed E-state index contributed by atoms with van der Waals surface area (Å²) in [5, 5.41) is 28.2. The van der Waals surface area contributed by atoms with Crippen LogP contribution in [0.4, 0.5) is 5.69 Å². The number of hydrogen-bond acceptors (Lipinski definition) is 8. The third-order valence-corrected chi connectivity index (χ3v) is 3.55. The number of rotatable bonds is 3. The number of nitrogens with zero attached hydrogens (tertiary/aromatic N) is 6. The highest BCUT2D eigenvalue weighted by molar-refractivity contribution is 6.48. The Bertz CT molecular complexity index is 774. The van der Waals surface area contributed by atoms with Crippen molar-refractivity contribution in [2.24, 2.45) is 15.4 Å². The molecule has 23 heavy (non-hydrogen) atoms. The summed E-state index contributed by atoms with van der Waals surface area (Å²) in [7, 11) is 3.97. The zero-order valence-corrected chi connectivity index (χ0v) is 12.8. The van der Waals surface area contributed by atoms with Crippen LogP contribution in [0, 0.1) is 0 Å². The van der Waals surface area contributed by atoms with Gasteiger partial charge < -0.3 is 10.1 Å². The number of aromatic nitrogens is 2. The first kappa shape index (κ1) is 14.9. The van der Waals surface area contributed by atoms with Gasteiger partial charge in [0.25, 0.3) is 0 Å². The van der Waals surface area contributed by atoms with Crippen molar-refractivity contribution < 1.29 is 9.84 Å². The topological polar surface area (TPSA) is 99.5 Å². The van der Waals surface area contributed by atoms with Gasteiger partial charge in [-0.25, -0.2) is 4.63 Å². The molecule has 0 bridgehead atoms. The van der Waals surface area contributed by atoms with Gasteiger partial charge in [-0.05, 0) is 22.9 Å². The molecule has 0 fully saturated rings. The lowest BCUT2D eigenvalue weighted by atomic mass is 9.97. The average molecular weight is 312 g/mol. The molecule has 0 saturated heterocycles. The van der Waals surface area contributed by atoms with Crippen LogP contribution in [0.5, 0.6) is 0 Å². The summed E-state index contributed by atoms with van der Waals surface area (Å²) >= 11 is 0. The second-order valence-electron chi connectivity index (χ2n) is 5.29. The maximum absolute atomic E-state index is 9.10. The number of benzene rings is 1. The summed E-state index contributed by atoms with van der Waals surface area (Å²) in [5.74, 6) is 0. The van der Waals surface area contributed by atoms with Crippen LogP contribution in [0.15, 0.2) is 44.3 Å². The molecular weight excluding hydrogens is 296 g/mol. The van der Waals surface area contributed by atoms with Gasteiger partial charge in [0, 0.05) is 32.6 Å². The molecule has 118 valence electrons. The minimum atomic E-state index is 0.385.